The van der Waals surface area contributed by atoms with Gasteiger partial charge in [0.2, 0.25) is 11.9 Å². The number of benzene rings is 2. The molecule has 0 saturated carbocycles. The molecule has 4 heterocycles. The number of nitrogens with one attached hydrogen (secondary N) is 2. The van der Waals surface area contributed by atoms with E-state index in [2.05, 4.69) is 78.7 Å². The summed E-state index contributed by atoms with van der Waals surface area (Å²) in [6.45, 7) is 5.26. The highest BCUT2D eigenvalue weighted by Crippen LogP contribution is 2.23. The molecule has 0 aliphatic rings. The Morgan fingerprint density at radius 1 is 0.623 bits per heavy atom. The first-order chi connectivity index (χ1) is 25.4. The van der Waals surface area contributed by atoms with Crippen LogP contribution in [0.3, 0.4) is 0 Å². The summed E-state index contributed by atoms with van der Waals surface area (Å²) >= 11 is 0. The minimum absolute atomic E-state index is 0. The molecule has 0 bridgehead atoms. The molecule has 0 atom stereocenters. The second-order valence-electron chi connectivity index (χ2n) is 12.0. The number of nitrogens with two attached hydrogens (primary N) is 2. The number of hydrogen-bond acceptors (Lipinski definition) is 14. The maximum atomic E-state index is 8.82. The molecule has 284 valence electrons. The Morgan fingerprint density at radius 3 is 1.38 bits per heavy atom. The Hall–Kier alpha value is -5.46. The molecule has 10 N–H and O–H groups in total. The molecule has 0 radical (unpaired) electrons. The number of imidazole rings is 2. The van der Waals surface area contributed by atoms with Crippen molar-refractivity contribution in [2.75, 3.05) is 48.5 Å². The zero-order valence-corrected chi connectivity index (χ0v) is 30.2. The van der Waals surface area contributed by atoms with E-state index in [0.717, 1.165) is 24.2 Å². The van der Waals surface area contributed by atoms with Crippen LogP contribution in [0.15, 0.2) is 61.2 Å². The first-order valence-electron chi connectivity index (χ1n) is 17.5. The van der Waals surface area contributed by atoms with E-state index >= 15 is 0 Å². The molecule has 0 unspecified atom stereocenters. The lowest BCUT2D eigenvalue weighted by Gasteiger charge is -2.09. The zero-order chi connectivity index (χ0) is 36.7. The summed E-state index contributed by atoms with van der Waals surface area (Å²) < 4.78 is 14.1. The van der Waals surface area contributed by atoms with Gasteiger partial charge in [0.05, 0.1) is 39.1 Å². The molecule has 0 aliphatic heterocycles. The number of fused-ring (bicyclic) bond motifs is 2. The molecule has 0 aliphatic carbocycles. The van der Waals surface area contributed by atoms with Crippen molar-refractivity contribution in [3.05, 3.63) is 72.3 Å². The van der Waals surface area contributed by atoms with Crippen LogP contribution in [0, 0.1) is 0 Å². The summed E-state index contributed by atoms with van der Waals surface area (Å²) in [6.07, 6.45) is 10.1. The number of anilines is 6. The number of aryl methyl sites for hydroxylation is 2. The second-order valence-corrected chi connectivity index (χ2v) is 12.0. The van der Waals surface area contributed by atoms with Crippen LogP contribution in [0.2, 0.25) is 0 Å². The molecule has 53 heavy (non-hydrogen) atoms. The Bertz CT molecular complexity index is 1840. The van der Waals surface area contributed by atoms with Gasteiger partial charge in [0.15, 0.2) is 22.9 Å². The first-order valence-corrected chi connectivity index (χ1v) is 17.5. The fourth-order valence-corrected chi connectivity index (χ4v) is 5.22. The number of nitrogens with zero attached hydrogens (tertiary/aromatic N) is 8. The van der Waals surface area contributed by atoms with E-state index in [1.165, 1.54) is 36.8 Å². The van der Waals surface area contributed by atoms with E-state index in [1.807, 2.05) is 24.3 Å². The van der Waals surface area contributed by atoms with Crippen molar-refractivity contribution in [1.29, 1.82) is 0 Å². The average molecular weight is 731 g/mol. The van der Waals surface area contributed by atoms with Crippen molar-refractivity contribution in [3.63, 3.8) is 0 Å². The normalized spacial score (nSPS) is 10.9. The minimum Gasteiger partial charge on any atom is -0.412 e. The average Bonchev–Trinajstić information content (AvgIpc) is 3.76. The number of aliphatic hydroxyl groups is 2. The molecule has 17 heteroatoms. The van der Waals surface area contributed by atoms with Gasteiger partial charge in [0.1, 0.15) is 24.5 Å². The van der Waals surface area contributed by atoms with Gasteiger partial charge in [0, 0.05) is 11.4 Å². The van der Waals surface area contributed by atoms with Gasteiger partial charge in [-0.05, 0) is 61.1 Å². The van der Waals surface area contributed by atoms with Crippen LogP contribution in [-0.2, 0) is 35.8 Å². The fraction of sp³-hybridized carbons (Fsp3) is 0.389. The monoisotopic (exact) mass is 730 g/mol. The van der Waals surface area contributed by atoms with Crippen molar-refractivity contribution < 1.29 is 25.2 Å². The number of ether oxygens (including phenoxy) is 2. The molecule has 0 amide bonds. The number of aromatic nitrogens is 8. The van der Waals surface area contributed by atoms with Crippen LogP contribution in [0.5, 0.6) is 0 Å². The third kappa shape index (κ3) is 11.3. The lowest BCUT2D eigenvalue weighted by atomic mass is 10.1. The van der Waals surface area contributed by atoms with Crippen LogP contribution in [0.4, 0.5) is 34.9 Å². The Labute approximate surface area is 307 Å². The van der Waals surface area contributed by atoms with Gasteiger partial charge in [-0.3, -0.25) is 9.13 Å². The number of aliphatic hydroxyl groups excluding tert-OH is 2. The summed E-state index contributed by atoms with van der Waals surface area (Å²) in [5.74, 6) is 1.41. The van der Waals surface area contributed by atoms with Crippen LogP contribution < -0.4 is 22.1 Å². The third-order valence-corrected chi connectivity index (χ3v) is 7.97. The van der Waals surface area contributed by atoms with Crippen molar-refractivity contribution in [3.8, 4) is 0 Å². The van der Waals surface area contributed by atoms with Gasteiger partial charge in [-0.15, -0.1) is 0 Å². The topological polar surface area (TPSA) is 254 Å². The van der Waals surface area contributed by atoms with E-state index < -0.39 is 0 Å². The highest BCUT2D eigenvalue weighted by atomic mass is 16.5. The predicted molar refractivity (Wildman–Crippen MR) is 206 cm³/mol. The molecular weight excluding hydrogens is 680 g/mol. The van der Waals surface area contributed by atoms with Gasteiger partial charge in [0.25, 0.3) is 0 Å². The second kappa shape index (κ2) is 20.5. The molecule has 0 fully saturated rings. The lowest BCUT2D eigenvalue weighted by Crippen LogP contribution is -2.07. The van der Waals surface area contributed by atoms with E-state index in [1.54, 1.807) is 21.8 Å². The SMILES string of the molecule is CCCCc1ccc(Nc2nc(N)c3ncn(COCCO)c3n2)cc1.CCCCc1ccc(Nc2nc(N)c3ncn(COCCO)c3n2)cc1.O. The maximum absolute atomic E-state index is 8.82. The van der Waals surface area contributed by atoms with Crippen LogP contribution >= 0.6 is 0 Å². The summed E-state index contributed by atoms with van der Waals surface area (Å²) in [4.78, 5) is 26.0. The summed E-state index contributed by atoms with van der Waals surface area (Å²) in [5.41, 5.74) is 18.6. The molecule has 0 spiro atoms. The van der Waals surface area contributed by atoms with Gasteiger partial charge >= 0.3 is 0 Å². The summed E-state index contributed by atoms with van der Waals surface area (Å²) in [5, 5.41) is 24.0. The molecule has 6 rings (SSSR count). The summed E-state index contributed by atoms with van der Waals surface area (Å²) in [7, 11) is 0. The molecule has 6 aromatic rings. The largest absolute Gasteiger partial charge is 0.412 e. The van der Waals surface area contributed by atoms with E-state index in [0.29, 0.717) is 45.9 Å². The number of nitrogen functional groups attached to an aromatic ring is 2. The number of rotatable bonds is 18. The van der Waals surface area contributed by atoms with Crippen molar-refractivity contribution in [1.82, 2.24) is 39.0 Å². The van der Waals surface area contributed by atoms with Crippen LogP contribution in [0.1, 0.15) is 50.7 Å². The molecule has 0 saturated heterocycles. The van der Waals surface area contributed by atoms with E-state index in [9.17, 15) is 0 Å². The van der Waals surface area contributed by atoms with Gasteiger partial charge in [-0.2, -0.15) is 19.9 Å². The zero-order valence-electron chi connectivity index (χ0n) is 30.2. The quantitative estimate of drug-likeness (QED) is 0.0681. The van der Waals surface area contributed by atoms with Gasteiger partial charge in [-0.25, -0.2) is 9.97 Å². The fourth-order valence-electron chi connectivity index (χ4n) is 5.22. The summed E-state index contributed by atoms with van der Waals surface area (Å²) in [6, 6.07) is 16.5. The maximum Gasteiger partial charge on any atom is 0.231 e. The minimum atomic E-state index is -0.0369. The Kier molecular flexibility index (Phi) is 15.6. The molecule has 2 aromatic carbocycles. The number of unbranched alkanes of at least 4 members (excludes halogenated alkanes) is 2. The smallest absolute Gasteiger partial charge is 0.231 e. The van der Waals surface area contributed by atoms with E-state index in [4.69, 9.17) is 31.2 Å². The van der Waals surface area contributed by atoms with E-state index in [-0.39, 0.29) is 45.4 Å². The van der Waals surface area contributed by atoms with Crippen LogP contribution in [-0.4, -0.2) is 81.2 Å². The lowest BCUT2D eigenvalue weighted by molar-refractivity contribution is 0.0499. The Morgan fingerprint density at radius 2 is 1.02 bits per heavy atom. The van der Waals surface area contributed by atoms with Crippen molar-refractivity contribution >= 4 is 57.2 Å². The highest BCUT2D eigenvalue weighted by Gasteiger charge is 2.13. The van der Waals surface area contributed by atoms with Crippen molar-refractivity contribution in [2.24, 2.45) is 0 Å². The molecule has 17 nitrogen and oxygen atoms in total. The first kappa shape index (κ1) is 40.3. The van der Waals surface area contributed by atoms with Crippen molar-refractivity contribution in [2.45, 2.75) is 65.8 Å². The third-order valence-electron chi connectivity index (χ3n) is 7.97. The van der Waals surface area contributed by atoms with Gasteiger partial charge in [-0.1, -0.05) is 51.0 Å². The Balaban J connectivity index is 0.000000232. The molecular formula is C36H50N12O5. The predicted octanol–water partition coefficient (Wildman–Crippen LogP) is 4.10. The standard InChI is InChI=1S/2C18H24N6O2.H2O/c2*1-2-3-4-13-5-7-14(8-6-13)21-18-22-16(19)15-17(23-18)24(11-20-15)12-26-10-9-25;/h2*5-8,11,25H,2-4,9-10,12H2,1H3,(H3,19,21,22,23);1H2. The molecule has 4 aromatic heterocycles. The van der Waals surface area contributed by atoms with Crippen LogP contribution in [0.25, 0.3) is 22.3 Å². The van der Waals surface area contributed by atoms with Gasteiger partial charge < -0.3 is 47.3 Å². The number of hydrogen-bond donors (Lipinski definition) is 6. The highest BCUT2D eigenvalue weighted by molar-refractivity contribution is 5.84.